The van der Waals surface area contributed by atoms with Crippen LogP contribution in [0.1, 0.15) is 12.8 Å². The second kappa shape index (κ2) is 2.65. The predicted molar refractivity (Wildman–Crippen MR) is 29.9 cm³/mol. The summed E-state index contributed by atoms with van der Waals surface area (Å²) in [6, 6.07) is 0. The average Bonchev–Trinajstić information content (AvgIpc) is 1.90. The Labute approximate surface area is 44.1 Å². The van der Waals surface area contributed by atoms with Crippen LogP contribution in [-0.2, 0) is 0 Å². The first-order chi connectivity index (χ1) is 3.50. The topological polar surface area (TPSA) is 12.0 Å². The quantitative estimate of drug-likeness (QED) is 0.429. The summed E-state index contributed by atoms with van der Waals surface area (Å²) in [5, 5.41) is 3.22. The summed E-state index contributed by atoms with van der Waals surface area (Å²) in [7, 11) is 0. The summed E-state index contributed by atoms with van der Waals surface area (Å²) in [5.74, 6) is 6.07. The molecule has 0 unspecified atom stereocenters. The lowest BCUT2D eigenvalue weighted by atomic mass is 10.4. The van der Waals surface area contributed by atoms with Gasteiger partial charge in [-0.1, -0.05) is 0 Å². The maximum Gasteiger partial charge on any atom is 0.0214 e. The lowest BCUT2D eigenvalue weighted by Crippen LogP contribution is -2.13. The van der Waals surface area contributed by atoms with E-state index in [0.717, 1.165) is 25.9 Å². The van der Waals surface area contributed by atoms with Gasteiger partial charge in [-0.05, 0) is 0 Å². The largest absolute Gasteiger partial charge is 0.315 e. The highest BCUT2D eigenvalue weighted by Gasteiger charge is 1.85. The van der Waals surface area contributed by atoms with Gasteiger partial charge in [0.15, 0.2) is 0 Å². The van der Waals surface area contributed by atoms with Crippen LogP contribution in [0.15, 0.2) is 0 Å². The van der Waals surface area contributed by atoms with Gasteiger partial charge in [0.1, 0.15) is 0 Å². The van der Waals surface area contributed by atoms with Crippen molar-refractivity contribution >= 4 is 0 Å². The Kier molecular flexibility index (Phi) is 1.77. The first-order valence-corrected chi connectivity index (χ1v) is 2.66. The van der Waals surface area contributed by atoms with Crippen LogP contribution in [-0.4, -0.2) is 13.1 Å². The number of hydrogen-bond acceptors (Lipinski definition) is 1. The summed E-state index contributed by atoms with van der Waals surface area (Å²) >= 11 is 0. The smallest absolute Gasteiger partial charge is 0.0214 e. The molecule has 1 N–H and O–H groups in total. The summed E-state index contributed by atoms with van der Waals surface area (Å²) in [6.07, 6.45) is 2.06. The lowest BCUT2D eigenvalue weighted by Gasteiger charge is -1.91. The Balaban J connectivity index is 2.26. The van der Waals surface area contributed by atoms with E-state index < -0.39 is 0 Å². The standard InChI is InChI=1S/C6H9N/c1-2-4-6-7-5-3-1/h7H,3-6H2. The fourth-order valence-electron chi connectivity index (χ4n) is 0.604. The van der Waals surface area contributed by atoms with Gasteiger partial charge in [-0.25, -0.2) is 0 Å². The molecule has 0 aromatic heterocycles. The third-order valence-corrected chi connectivity index (χ3v) is 0.979. The zero-order valence-corrected chi connectivity index (χ0v) is 4.33. The molecule has 0 aromatic carbocycles. The van der Waals surface area contributed by atoms with Crippen molar-refractivity contribution < 1.29 is 0 Å². The van der Waals surface area contributed by atoms with Crippen LogP contribution in [0.2, 0.25) is 0 Å². The minimum absolute atomic E-state index is 1.03. The number of rotatable bonds is 0. The Hall–Kier alpha value is -0.480. The molecule has 1 nitrogen and oxygen atoms in total. The third-order valence-electron chi connectivity index (χ3n) is 0.979. The summed E-state index contributed by atoms with van der Waals surface area (Å²) in [5.41, 5.74) is 0. The molecule has 0 aliphatic carbocycles. The molecule has 1 aliphatic rings. The van der Waals surface area contributed by atoms with Gasteiger partial charge in [0.05, 0.1) is 0 Å². The molecule has 1 heterocycles. The zero-order chi connectivity index (χ0) is 4.95. The minimum atomic E-state index is 1.03. The van der Waals surface area contributed by atoms with E-state index >= 15 is 0 Å². The van der Waals surface area contributed by atoms with Gasteiger partial charge in [0.25, 0.3) is 0 Å². The van der Waals surface area contributed by atoms with Crippen molar-refractivity contribution in [1.82, 2.24) is 5.32 Å². The van der Waals surface area contributed by atoms with E-state index in [2.05, 4.69) is 17.2 Å². The van der Waals surface area contributed by atoms with Gasteiger partial charge in [-0.2, -0.15) is 0 Å². The lowest BCUT2D eigenvalue weighted by molar-refractivity contribution is 0.720. The number of nitrogens with one attached hydrogen (secondary N) is 1. The SMILES string of the molecule is C1#CCCNCC1. The molecule has 1 aliphatic heterocycles. The Morgan fingerprint density at radius 3 is 2.14 bits per heavy atom. The van der Waals surface area contributed by atoms with Gasteiger partial charge in [-0.15, -0.1) is 11.8 Å². The van der Waals surface area contributed by atoms with Crippen LogP contribution in [0.25, 0.3) is 0 Å². The Bertz CT molecular complexity index is 86.5. The van der Waals surface area contributed by atoms with Crippen molar-refractivity contribution in [1.29, 1.82) is 0 Å². The molecule has 0 amide bonds. The fraction of sp³-hybridized carbons (Fsp3) is 0.667. The molecule has 0 atom stereocenters. The van der Waals surface area contributed by atoms with Crippen molar-refractivity contribution in [3.8, 4) is 11.8 Å². The van der Waals surface area contributed by atoms with Gasteiger partial charge in [-0.3, -0.25) is 0 Å². The molecule has 0 radical (unpaired) electrons. The molecule has 0 spiro atoms. The van der Waals surface area contributed by atoms with E-state index in [1.165, 1.54) is 0 Å². The first-order valence-electron chi connectivity index (χ1n) is 2.66. The molecular weight excluding hydrogens is 86.1 g/mol. The van der Waals surface area contributed by atoms with Crippen LogP contribution < -0.4 is 5.32 Å². The van der Waals surface area contributed by atoms with Crippen LogP contribution in [0.4, 0.5) is 0 Å². The molecular formula is C6H9N. The van der Waals surface area contributed by atoms with Crippen LogP contribution in [0.5, 0.6) is 0 Å². The molecule has 38 valence electrons. The Morgan fingerprint density at radius 2 is 1.57 bits per heavy atom. The second-order valence-corrected chi connectivity index (χ2v) is 1.60. The van der Waals surface area contributed by atoms with E-state index in [4.69, 9.17) is 0 Å². The molecule has 0 bridgehead atoms. The van der Waals surface area contributed by atoms with Crippen LogP contribution in [0.3, 0.4) is 0 Å². The van der Waals surface area contributed by atoms with Gasteiger partial charge < -0.3 is 5.32 Å². The summed E-state index contributed by atoms with van der Waals surface area (Å²) in [4.78, 5) is 0. The van der Waals surface area contributed by atoms with E-state index in [0.29, 0.717) is 0 Å². The molecule has 0 fully saturated rings. The van der Waals surface area contributed by atoms with E-state index in [1.54, 1.807) is 0 Å². The monoisotopic (exact) mass is 95.1 g/mol. The minimum Gasteiger partial charge on any atom is -0.315 e. The maximum atomic E-state index is 3.22. The van der Waals surface area contributed by atoms with Crippen molar-refractivity contribution in [3.05, 3.63) is 0 Å². The van der Waals surface area contributed by atoms with Crippen molar-refractivity contribution in [2.75, 3.05) is 13.1 Å². The van der Waals surface area contributed by atoms with Crippen LogP contribution in [0, 0.1) is 11.8 Å². The van der Waals surface area contributed by atoms with Crippen molar-refractivity contribution in [2.24, 2.45) is 0 Å². The van der Waals surface area contributed by atoms with Gasteiger partial charge >= 0.3 is 0 Å². The zero-order valence-electron chi connectivity index (χ0n) is 4.33. The van der Waals surface area contributed by atoms with Crippen LogP contribution >= 0.6 is 0 Å². The Morgan fingerprint density at radius 1 is 1.00 bits per heavy atom. The van der Waals surface area contributed by atoms with Crippen molar-refractivity contribution in [3.63, 3.8) is 0 Å². The highest BCUT2D eigenvalue weighted by atomic mass is 14.8. The first kappa shape index (κ1) is 4.67. The third kappa shape index (κ3) is 1.61. The molecule has 0 saturated carbocycles. The second-order valence-electron chi connectivity index (χ2n) is 1.60. The van der Waals surface area contributed by atoms with E-state index in [-0.39, 0.29) is 0 Å². The molecule has 1 rings (SSSR count). The van der Waals surface area contributed by atoms with Gasteiger partial charge in [0.2, 0.25) is 0 Å². The van der Waals surface area contributed by atoms with Crippen molar-refractivity contribution in [2.45, 2.75) is 12.8 Å². The van der Waals surface area contributed by atoms with Gasteiger partial charge in [0, 0.05) is 25.9 Å². The summed E-state index contributed by atoms with van der Waals surface area (Å²) < 4.78 is 0. The summed E-state index contributed by atoms with van der Waals surface area (Å²) in [6.45, 7) is 2.15. The maximum absolute atomic E-state index is 3.22. The number of hydrogen-bond donors (Lipinski definition) is 1. The highest BCUT2D eigenvalue weighted by Crippen LogP contribution is 1.80. The normalized spacial score (nSPS) is 19.4. The average molecular weight is 95.1 g/mol. The highest BCUT2D eigenvalue weighted by molar-refractivity contribution is 5.01. The fourth-order valence-corrected chi connectivity index (χ4v) is 0.604. The molecule has 0 saturated heterocycles. The van der Waals surface area contributed by atoms with E-state index in [1.807, 2.05) is 0 Å². The molecule has 7 heavy (non-hydrogen) atoms. The molecule has 0 aromatic rings. The molecule has 1 heteroatoms. The predicted octanol–water partition coefficient (Wildman–Crippen LogP) is 0.373. The van der Waals surface area contributed by atoms with E-state index in [9.17, 15) is 0 Å².